The summed E-state index contributed by atoms with van der Waals surface area (Å²) in [6.07, 6.45) is 5.88. The van der Waals surface area contributed by atoms with Crippen molar-refractivity contribution in [2.24, 2.45) is 0 Å². The van der Waals surface area contributed by atoms with Crippen LogP contribution in [0.3, 0.4) is 0 Å². The third kappa shape index (κ3) is 6.48. The third-order valence-electron chi connectivity index (χ3n) is 5.43. The van der Waals surface area contributed by atoms with Gasteiger partial charge in [-0.2, -0.15) is 0 Å². The summed E-state index contributed by atoms with van der Waals surface area (Å²) in [6, 6.07) is 16.9. The number of hydrogen-bond donors (Lipinski definition) is 0. The van der Waals surface area contributed by atoms with E-state index in [-0.39, 0.29) is 18.8 Å². The van der Waals surface area contributed by atoms with Crippen molar-refractivity contribution in [1.29, 1.82) is 0 Å². The molecule has 1 amide bonds. The Hall–Kier alpha value is -2.56. The Morgan fingerprint density at radius 1 is 1.03 bits per heavy atom. The normalized spacial score (nSPS) is 17.1. The predicted molar refractivity (Wildman–Crippen MR) is 118 cm³/mol. The Bertz CT molecular complexity index is 766. The van der Waals surface area contributed by atoms with Gasteiger partial charge in [0, 0.05) is 5.69 Å². The van der Waals surface area contributed by atoms with Crippen molar-refractivity contribution in [2.75, 3.05) is 18.1 Å². The molecular weight excluding hydrogens is 381 g/mol. The lowest BCUT2D eigenvalue weighted by Gasteiger charge is -2.15. The van der Waals surface area contributed by atoms with E-state index in [9.17, 15) is 9.18 Å². The van der Waals surface area contributed by atoms with E-state index >= 15 is 0 Å². The number of benzene rings is 2. The van der Waals surface area contributed by atoms with Crippen molar-refractivity contribution in [3.8, 4) is 5.75 Å². The number of carbonyl (C=O) groups excluding carboxylic acids is 1. The van der Waals surface area contributed by atoms with Crippen LogP contribution in [0.5, 0.6) is 5.75 Å². The highest BCUT2D eigenvalue weighted by Crippen LogP contribution is 2.31. The smallest absolute Gasteiger partial charge is 0.415 e. The first kappa shape index (κ1) is 22.1. The fourth-order valence-electron chi connectivity index (χ4n) is 3.65. The Balaban J connectivity index is 1.42. The van der Waals surface area contributed by atoms with Crippen LogP contribution in [0.15, 0.2) is 54.6 Å². The van der Waals surface area contributed by atoms with E-state index < -0.39 is 6.17 Å². The summed E-state index contributed by atoms with van der Waals surface area (Å²) in [5.74, 6) is 0.608. The van der Waals surface area contributed by atoms with E-state index in [1.165, 1.54) is 25.7 Å². The zero-order valence-electron chi connectivity index (χ0n) is 17.8. The number of hydrogen-bond acceptors (Lipinski definition) is 3. The van der Waals surface area contributed by atoms with Crippen LogP contribution in [0.2, 0.25) is 0 Å². The van der Waals surface area contributed by atoms with Crippen LogP contribution in [0.25, 0.3) is 0 Å². The number of halogens is 1. The largest absolute Gasteiger partial charge is 0.491 e. The Kier molecular flexibility index (Phi) is 8.54. The van der Waals surface area contributed by atoms with Crippen LogP contribution < -0.4 is 9.64 Å². The van der Waals surface area contributed by atoms with E-state index in [4.69, 9.17) is 9.47 Å². The van der Waals surface area contributed by atoms with Gasteiger partial charge in [-0.15, -0.1) is 0 Å². The summed E-state index contributed by atoms with van der Waals surface area (Å²) in [7, 11) is 0. The molecule has 1 fully saturated rings. The van der Waals surface area contributed by atoms with Crippen LogP contribution >= 0.6 is 0 Å². The van der Waals surface area contributed by atoms with Gasteiger partial charge in [-0.3, -0.25) is 4.90 Å². The molecule has 2 aromatic rings. The highest BCUT2D eigenvalue weighted by molar-refractivity contribution is 5.89. The SMILES string of the molecule is CCCCCCCCC(F)COc1ccc(N2CC(c3ccccc3)OC2=O)cc1. The van der Waals surface area contributed by atoms with E-state index in [2.05, 4.69) is 6.92 Å². The first-order valence-electron chi connectivity index (χ1n) is 11.1. The van der Waals surface area contributed by atoms with Gasteiger partial charge in [0.1, 0.15) is 24.6 Å². The van der Waals surface area contributed by atoms with Gasteiger partial charge in [0.05, 0.1) is 6.54 Å². The number of ether oxygens (including phenoxy) is 2. The van der Waals surface area contributed by atoms with Gasteiger partial charge in [-0.05, 0) is 36.2 Å². The average molecular weight is 414 g/mol. The third-order valence-corrected chi connectivity index (χ3v) is 5.43. The topological polar surface area (TPSA) is 38.8 Å². The summed E-state index contributed by atoms with van der Waals surface area (Å²) >= 11 is 0. The molecule has 5 heteroatoms. The number of amides is 1. The molecule has 162 valence electrons. The lowest BCUT2D eigenvalue weighted by Crippen LogP contribution is -2.23. The van der Waals surface area contributed by atoms with Crippen LogP contribution in [-0.4, -0.2) is 25.4 Å². The average Bonchev–Trinajstić information content (AvgIpc) is 3.17. The van der Waals surface area contributed by atoms with Crippen LogP contribution in [-0.2, 0) is 4.74 Å². The Labute approximate surface area is 179 Å². The van der Waals surface area contributed by atoms with Crippen molar-refractivity contribution >= 4 is 11.8 Å². The summed E-state index contributed by atoms with van der Waals surface area (Å²) in [6.45, 7) is 2.73. The van der Waals surface area contributed by atoms with E-state index in [1.807, 2.05) is 42.5 Å². The second kappa shape index (κ2) is 11.6. The number of cyclic esters (lactones) is 1. The zero-order valence-corrected chi connectivity index (χ0v) is 17.8. The molecule has 0 aliphatic carbocycles. The van der Waals surface area contributed by atoms with Gasteiger partial charge in [-0.25, -0.2) is 9.18 Å². The summed E-state index contributed by atoms with van der Waals surface area (Å²) in [4.78, 5) is 13.9. The fraction of sp³-hybridized carbons (Fsp3) is 0.480. The van der Waals surface area contributed by atoms with Gasteiger partial charge < -0.3 is 9.47 Å². The molecule has 0 aromatic heterocycles. The van der Waals surface area contributed by atoms with Crippen molar-refractivity contribution in [1.82, 2.24) is 0 Å². The molecule has 1 aliphatic heterocycles. The summed E-state index contributed by atoms with van der Waals surface area (Å²) < 4.78 is 25.1. The van der Waals surface area contributed by atoms with Crippen LogP contribution in [0.4, 0.5) is 14.9 Å². The lowest BCUT2D eigenvalue weighted by molar-refractivity contribution is 0.142. The van der Waals surface area contributed by atoms with Gasteiger partial charge in [0.25, 0.3) is 0 Å². The van der Waals surface area contributed by atoms with Crippen molar-refractivity contribution in [3.05, 3.63) is 60.2 Å². The minimum atomic E-state index is -0.948. The number of rotatable bonds is 12. The van der Waals surface area contributed by atoms with E-state index in [0.29, 0.717) is 18.7 Å². The molecule has 2 atom stereocenters. The molecule has 0 bridgehead atoms. The van der Waals surface area contributed by atoms with Gasteiger partial charge in [0.2, 0.25) is 0 Å². The molecule has 1 aliphatic rings. The number of carbonyl (C=O) groups is 1. The molecule has 1 saturated heterocycles. The quantitative estimate of drug-likeness (QED) is 0.357. The van der Waals surface area contributed by atoms with Crippen molar-refractivity contribution in [3.63, 3.8) is 0 Å². The number of nitrogens with zero attached hydrogens (tertiary/aromatic N) is 1. The summed E-state index contributed by atoms with van der Waals surface area (Å²) in [5.41, 5.74) is 1.72. The van der Waals surface area contributed by atoms with Gasteiger partial charge in [0.15, 0.2) is 0 Å². The Morgan fingerprint density at radius 2 is 1.73 bits per heavy atom. The van der Waals surface area contributed by atoms with Crippen molar-refractivity contribution in [2.45, 2.75) is 64.1 Å². The predicted octanol–water partition coefficient (Wildman–Crippen LogP) is 6.85. The first-order chi connectivity index (χ1) is 14.7. The number of anilines is 1. The standard InChI is InChI=1S/C25H32FNO3/c1-2-3-4-5-6-10-13-21(26)19-29-23-16-14-22(15-17-23)27-18-24(30-25(27)28)20-11-8-7-9-12-20/h7-9,11-12,14-17,21,24H,2-6,10,13,18-19H2,1H3. The van der Waals surface area contributed by atoms with Crippen LogP contribution in [0.1, 0.15) is 63.5 Å². The molecule has 0 radical (unpaired) electrons. The molecule has 3 rings (SSSR count). The second-order valence-corrected chi connectivity index (χ2v) is 7.85. The van der Waals surface area contributed by atoms with Crippen molar-refractivity contribution < 1.29 is 18.7 Å². The lowest BCUT2D eigenvalue weighted by atomic mass is 10.1. The fourth-order valence-corrected chi connectivity index (χ4v) is 3.65. The molecule has 0 saturated carbocycles. The monoisotopic (exact) mass is 413 g/mol. The number of alkyl halides is 1. The first-order valence-corrected chi connectivity index (χ1v) is 11.1. The number of unbranched alkanes of at least 4 members (excludes halogenated alkanes) is 5. The zero-order chi connectivity index (χ0) is 21.2. The maximum absolute atomic E-state index is 14.0. The molecule has 2 aromatic carbocycles. The molecule has 30 heavy (non-hydrogen) atoms. The molecule has 1 heterocycles. The molecule has 4 nitrogen and oxygen atoms in total. The molecule has 0 N–H and O–H groups in total. The second-order valence-electron chi connectivity index (χ2n) is 7.85. The maximum atomic E-state index is 14.0. The maximum Gasteiger partial charge on any atom is 0.415 e. The van der Waals surface area contributed by atoms with E-state index in [0.717, 1.165) is 24.1 Å². The highest BCUT2D eigenvalue weighted by Gasteiger charge is 2.33. The van der Waals surface area contributed by atoms with E-state index in [1.54, 1.807) is 17.0 Å². The van der Waals surface area contributed by atoms with Gasteiger partial charge >= 0.3 is 6.09 Å². The van der Waals surface area contributed by atoms with Gasteiger partial charge in [-0.1, -0.05) is 75.8 Å². The minimum absolute atomic E-state index is 0.0656. The molecule has 0 spiro atoms. The Morgan fingerprint density at radius 3 is 2.47 bits per heavy atom. The summed E-state index contributed by atoms with van der Waals surface area (Å²) in [5, 5.41) is 0. The molecular formula is C25H32FNO3. The van der Waals surface area contributed by atoms with Crippen LogP contribution in [0, 0.1) is 0 Å². The minimum Gasteiger partial charge on any atom is -0.491 e. The highest BCUT2D eigenvalue weighted by atomic mass is 19.1. The molecule has 2 unspecified atom stereocenters.